The zero-order valence-corrected chi connectivity index (χ0v) is 14.2. The van der Waals surface area contributed by atoms with E-state index in [0.29, 0.717) is 5.69 Å². The monoisotopic (exact) mass is 406 g/mol. The lowest BCUT2D eigenvalue weighted by atomic mass is 10.0. The second-order valence-corrected chi connectivity index (χ2v) is 6.09. The Labute approximate surface area is 158 Å². The van der Waals surface area contributed by atoms with Crippen molar-refractivity contribution >= 4 is 11.0 Å². The van der Waals surface area contributed by atoms with Crippen LogP contribution in [0.2, 0.25) is 0 Å². The SMILES string of the molecule is O=c1c(-c2cnn(-c3ccc(F)cc3)c2)c(C(F)(F)F)oc2c(O)c(O)ccc12. The van der Waals surface area contributed by atoms with Crippen LogP contribution in [0.1, 0.15) is 5.76 Å². The van der Waals surface area contributed by atoms with E-state index in [-0.39, 0.29) is 10.9 Å². The number of benzene rings is 2. The Morgan fingerprint density at radius 1 is 1.03 bits per heavy atom. The maximum absolute atomic E-state index is 13.6. The van der Waals surface area contributed by atoms with Crippen LogP contribution in [0.4, 0.5) is 17.6 Å². The minimum absolute atomic E-state index is 0.190. The summed E-state index contributed by atoms with van der Waals surface area (Å²) in [5.41, 5.74) is -2.48. The van der Waals surface area contributed by atoms with Crippen LogP contribution in [0.5, 0.6) is 11.5 Å². The van der Waals surface area contributed by atoms with Crippen molar-refractivity contribution < 1.29 is 32.2 Å². The first kappa shape index (κ1) is 18.5. The van der Waals surface area contributed by atoms with Gasteiger partial charge in [-0.05, 0) is 36.4 Å². The first-order valence-electron chi connectivity index (χ1n) is 8.06. The number of aromatic hydroxyl groups is 2. The van der Waals surface area contributed by atoms with E-state index in [9.17, 15) is 32.6 Å². The summed E-state index contributed by atoms with van der Waals surface area (Å²) in [5, 5.41) is 22.9. The highest BCUT2D eigenvalue weighted by Crippen LogP contribution is 2.40. The van der Waals surface area contributed by atoms with Crippen molar-refractivity contribution in [3.63, 3.8) is 0 Å². The third-order valence-electron chi connectivity index (χ3n) is 4.23. The van der Waals surface area contributed by atoms with E-state index in [1.807, 2.05) is 0 Å². The average Bonchev–Trinajstić information content (AvgIpc) is 3.14. The van der Waals surface area contributed by atoms with E-state index < -0.39 is 45.8 Å². The number of hydrogen-bond acceptors (Lipinski definition) is 5. The van der Waals surface area contributed by atoms with Gasteiger partial charge in [-0.3, -0.25) is 4.79 Å². The van der Waals surface area contributed by atoms with E-state index in [4.69, 9.17) is 4.42 Å². The Kier molecular flexibility index (Phi) is 4.07. The van der Waals surface area contributed by atoms with Crippen LogP contribution in [0, 0.1) is 5.82 Å². The second kappa shape index (κ2) is 6.36. The molecule has 2 heterocycles. The predicted molar refractivity (Wildman–Crippen MR) is 93.3 cm³/mol. The van der Waals surface area contributed by atoms with Crippen LogP contribution in [-0.2, 0) is 6.18 Å². The lowest BCUT2D eigenvalue weighted by Crippen LogP contribution is -2.15. The first-order valence-corrected chi connectivity index (χ1v) is 8.06. The highest BCUT2D eigenvalue weighted by atomic mass is 19.4. The Balaban J connectivity index is 1.98. The predicted octanol–water partition coefficient (Wildman–Crippen LogP) is 4.21. The maximum atomic E-state index is 13.6. The van der Waals surface area contributed by atoms with Crippen molar-refractivity contribution in [1.82, 2.24) is 9.78 Å². The summed E-state index contributed by atoms with van der Waals surface area (Å²) in [5.74, 6) is -3.85. The van der Waals surface area contributed by atoms with Gasteiger partial charge in [-0.1, -0.05) is 0 Å². The van der Waals surface area contributed by atoms with Gasteiger partial charge in [0.05, 0.1) is 22.8 Å². The molecule has 0 radical (unpaired) electrons. The highest BCUT2D eigenvalue weighted by Gasteiger charge is 2.40. The third-order valence-corrected chi connectivity index (χ3v) is 4.23. The van der Waals surface area contributed by atoms with E-state index in [0.717, 1.165) is 30.5 Å². The summed E-state index contributed by atoms with van der Waals surface area (Å²) in [6, 6.07) is 7.04. The molecule has 10 heteroatoms. The van der Waals surface area contributed by atoms with Crippen LogP contribution >= 0.6 is 0 Å². The van der Waals surface area contributed by atoms with Gasteiger partial charge in [-0.15, -0.1) is 0 Å². The lowest BCUT2D eigenvalue weighted by molar-refractivity contribution is -0.152. The minimum atomic E-state index is -5.07. The molecule has 0 spiro atoms. The van der Waals surface area contributed by atoms with Gasteiger partial charge in [-0.2, -0.15) is 18.3 Å². The molecule has 0 aliphatic heterocycles. The molecular formula is C19H10F4N2O4. The number of aromatic nitrogens is 2. The molecule has 2 N–H and O–H groups in total. The molecule has 148 valence electrons. The number of rotatable bonds is 2. The number of phenols is 2. The fourth-order valence-electron chi connectivity index (χ4n) is 2.88. The van der Waals surface area contributed by atoms with Crippen molar-refractivity contribution in [2.75, 3.05) is 0 Å². The van der Waals surface area contributed by atoms with Crippen molar-refractivity contribution in [2.24, 2.45) is 0 Å². The molecule has 0 aliphatic rings. The molecule has 0 bridgehead atoms. The fourth-order valence-corrected chi connectivity index (χ4v) is 2.88. The molecule has 0 saturated heterocycles. The first-order chi connectivity index (χ1) is 13.7. The summed E-state index contributed by atoms with van der Waals surface area (Å²) in [4.78, 5) is 12.8. The molecule has 6 nitrogen and oxygen atoms in total. The van der Waals surface area contributed by atoms with E-state index >= 15 is 0 Å². The Morgan fingerprint density at radius 3 is 2.38 bits per heavy atom. The normalized spacial score (nSPS) is 11.9. The minimum Gasteiger partial charge on any atom is -0.504 e. The van der Waals surface area contributed by atoms with Crippen LogP contribution in [0.25, 0.3) is 27.8 Å². The van der Waals surface area contributed by atoms with Crippen molar-refractivity contribution in [2.45, 2.75) is 6.18 Å². The van der Waals surface area contributed by atoms with Gasteiger partial charge in [0, 0.05) is 11.8 Å². The standard InChI is InChI=1S/C19H10F4N2O4/c20-10-1-3-11(4-2-10)25-8-9(7-24-25)14-15(27)12-5-6-13(26)16(28)17(12)29-18(14)19(21,22)23/h1-8,26,28H. The third kappa shape index (κ3) is 3.08. The Morgan fingerprint density at radius 2 is 1.72 bits per heavy atom. The summed E-state index contributed by atoms with van der Waals surface area (Å²) >= 11 is 0. The van der Waals surface area contributed by atoms with Crippen molar-refractivity contribution in [3.05, 3.63) is 70.6 Å². The van der Waals surface area contributed by atoms with Gasteiger partial charge < -0.3 is 14.6 Å². The maximum Gasteiger partial charge on any atom is 0.450 e. The zero-order valence-electron chi connectivity index (χ0n) is 14.2. The van der Waals surface area contributed by atoms with Crippen molar-refractivity contribution in [3.8, 4) is 28.3 Å². The number of halogens is 4. The van der Waals surface area contributed by atoms with Gasteiger partial charge in [0.15, 0.2) is 11.3 Å². The number of alkyl halides is 3. The van der Waals surface area contributed by atoms with Crippen LogP contribution in [-0.4, -0.2) is 20.0 Å². The molecule has 0 saturated carbocycles. The number of phenolic OH excluding ortho intramolecular Hbond substituents is 2. The molecule has 29 heavy (non-hydrogen) atoms. The van der Waals surface area contributed by atoms with Crippen LogP contribution < -0.4 is 5.43 Å². The molecule has 0 atom stereocenters. The molecule has 0 amide bonds. The topological polar surface area (TPSA) is 88.5 Å². The smallest absolute Gasteiger partial charge is 0.450 e. The molecule has 2 aromatic carbocycles. The fraction of sp³-hybridized carbons (Fsp3) is 0.0526. The molecule has 4 aromatic rings. The summed E-state index contributed by atoms with van der Waals surface area (Å²) in [6.45, 7) is 0. The molecular weight excluding hydrogens is 396 g/mol. The molecule has 4 rings (SSSR count). The van der Waals surface area contributed by atoms with E-state index in [1.54, 1.807) is 0 Å². The largest absolute Gasteiger partial charge is 0.504 e. The van der Waals surface area contributed by atoms with E-state index in [2.05, 4.69) is 5.10 Å². The van der Waals surface area contributed by atoms with Gasteiger partial charge in [0.2, 0.25) is 16.9 Å². The quantitative estimate of drug-likeness (QED) is 0.385. The van der Waals surface area contributed by atoms with Gasteiger partial charge in [0.1, 0.15) is 5.82 Å². The Hall–Kier alpha value is -3.82. The summed E-state index contributed by atoms with van der Waals surface area (Å²) < 4.78 is 59.9. The number of nitrogens with zero attached hydrogens (tertiary/aromatic N) is 2. The number of hydrogen-bond donors (Lipinski definition) is 2. The van der Waals surface area contributed by atoms with Crippen molar-refractivity contribution in [1.29, 1.82) is 0 Å². The highest BCUT2D eigenvalue weighted by molar-refractivity contribution is 5.88. The van der Waals surface area contributed by atoms with E-state index in [1.165, 1.54) is 23.0 Å². The molecule has 0 aliphatic carbocycles. The van der Waals surface area contributed by atoms with Gasteiger partial charge in [0.25, 0.3) is 0 Å². The Bertz CT molecular complexity index is 1290. The zero-order chi connectivity index (χ0) is 20.9. The molecule has 0 unspecified atom stereocenters. The number of fused-ring (bicyclic) bond motifs is 1. The van der Waals surface area contributed by atoms with Crippen LogP contribution in [0.3, 0.4) is 0 Å². The average molecular weight is 406 g/mol. The van der Waals surface area contributed by atoms with Crippen LogP contribution in [0.15, 0.2) is 58.0 Å². The molecule has 2 aromatic heterocycles. The van der Waals surface area contributed by atoms with Gasteiger partial charge in [-0.25, -0.2) is 9.07 Å². The lowest BCUT2D eigenvalue weighted by Gasteiger charge is -2.12. The summed E-state index contributed by atoms with van der Waals surface area (Å²) in [7, 11) is 0. The summed E-state index contributed by atoms with van der Waals surface area (Å²) in [6.07, 6.45) is -2.86. The molecule has 0 fully saturated rings. The second-order valence-electron chi connectivity index (χ2n) is 6.09. The van der Waals surface area contributed by atoms with Gasteiger partial charge >= 0.3 is 6.18 Å².